The fourth-order valence-electron chi connectivity index (χ4n) is 2.88. The number of rotatable bonds is 9. The number of benzene rings is 2. The maximum Gasteiger partial charge on any atom is 0.261 e. The van der Waals surface area contributed by atoms with Gasteiger partial charge in [0.05, 0.1) is 10.6 Å². The van der Waals surface area contributed by atoms with E-state index in [4.69, 9.17) is 4.74 Å². The van der Waals surface area contributed by atoms with Crippen molar-refractivity contribution in [2.45, 2.75) is 32.1 Å². The summed E-state index contributed by atoms with van der Waals surface area (Å²) in [5.41, 5.74) is 1.61. The van der Waals surface area contributed by atoms with E-state index in [1.165, 1.54) is 6.20 Å². The molecule has 1 amide bonds. The van der Waals surface area contributed by atoms with Crippen molar-refractivity contribution < 1.29 is 17.9 Å². The van der Waals surface area contributed by atoms with Gasteiger partial charge >= 0.3 is 0 Å². The van der Waals surface area contributed by atoms with E-state index in [0.29, 0.717) is 29.5 Å². The number of amides is 1. The second-order valence-electron chi connectivity index (χ2n) is 7.84. The van der Waals surface area contributed by atoms with Crippen LogP contribution < -0.4 is 14.8 Å². The number of nitrogens with one attached hydrogen (secondary N) is 2. The highest BCUT2D eigenvalue weighted by molar-refractivity contribution is 7.92. The Morgan fingerprint density at radius 3 is 2.53 bits per heavy atom. The van der Waals surface area contributed by atoms with Crippen molar-refractivity contribution in [2.24, 2.45) is 5.92 Å². The molecule has 0 saturated heterocycles. The summed E-state index contributed by atoms with van der Waals surface area (Å²) < 4.78 is 33.7. The van der Waals surface area contributed by atoms with Crippen LogP contribution in [-0.4, -0.2) is 25.9 Å². The van der Waals surface area contributed by atoms with Gasteiger partial charge in [0.25, 0.3) is 15.9 Å². The number of carbonyl (C=O) groups is 1. The molecule has 2 N–H and O–H groups in total. The Morgan fingerprint density at radius 2 is 1.81 bits per heavy atom. The van der Waals surface area contributed by atoms with Gasteiger partial charge in [-0.2, -0.15) is 0 Å². The molecule has 1 aromatic heterocycles. The molecule has 168 valence electrons. The number of hydrogen-bond acceptors (Lipinski definition) is 5. The summed E-state index contributed by atoms with van der Waals surface area (Å²) in [6.07, 6.45) is 2.40. The van der Waals surface area contributed by atoms with Crippen LogP contribution >= 0.6 is 0 Å². The van der Waals surface area contributed by atoms with E-state index in [-0.39, 0.29) is 16.7 Å². The molecule has 7 nitrogen and oxygen atoms in total. The molecule has 0 radical (unpaired) electrons. The van der Waals surface area contributed by atoms with Gasteiger partial charge in [-0.1, -0.05) is 37.6 Å². The number of hydrogen-bond donors (Lipinski definition) is 2. The quantitative estimate of drug-likeness (QED) is 0.487. The first kappa shape index (κ1) is 23.3. The van der Waals surface area contributed by atoms with E-state index in [1.807, 2.05) is 6.92 Å². The smallest absolute Gasteiger partial charge is 0.261 e. The molecule has 0 saturated carbocycles. The van der Waals surface area contributed by atoms with Crippen LogP contribution in [0.2, 0.25) is 0 Å². The molecule has 0 atom stereocenters. The van der Waals surface area contributed by atoms with Gasteiger partial charge in [0.1, 0.15) is 11.3 Å². The lowest BCUT2D eigenvalue weighted by Gasteiger charge is -2.12. The molecule has 0 aliphatic rings. The molecular weight excluding hydrogens is 426 g/mol. The predicted molar refractivity (Wildman–Crippen MR) is 125 cm³/mol. The van der Waals surface area contributed by atoms with Gasteiger partial charge < -0.3 is 10.1 Å². The third-order valence-electron chi connectivity index (χ3n) is 4.66. The Kier molecular flexibility index (Phi) is 7.48. The number of sulfonamides is 1. The second kappa shape index (κ2) is 10.3. The van der Waals surface area contributed by atoms with E-state index in [1.54, 1.807) is 60.7 Å². The number of aromatic nitrogens is 1. The summed E-state index contributed by atoms with van der Waals surface area (Å²) in [6, 6.07) is 16.4. The lowest BCUT2D eigenvalue weighted by atomic mass is 10.1. The summed E-state index contributed by atoms with van der Waals surface area (Å²) in [7, 11) is -3.74. The maximum atomic E-state index is 12.7. The van der Waals surface area contributed by atoms with E-state index in [2.05, 4.69) is 28.9 Å². The zero-order chi connectivity index (χ0) is 23.1. The Labute approximate surface area is 188 Å². The zero-order valence-corrected chi connectivity index (χ0v) is 19.1. The van der Waals surface area contributed by atoms with Gasteiger partial charge in [0.15, 0.2) is 0 Å². The van der Waals surface area contributed by atoms with Crippen molar-refractivity contribution in [3.63, 3.8) is 0 Å². The van der Waals surface area contributed by atoms with Crippen molar-refractivity contribution in [3.8, 4) is 11.6 Å². The van der Waals surface area contributed by atoms with Crippen molar-refractivity contribution in [3.05, 3.63) is 78.0 Å². The Morgan fingerprint density at radius 1 is 1.06 bits per heavy atom. The number of aryl methyl sites for hydroxylation is 1. The molecule has 0 unspecified atom stereocenters. The van der Waals surface area contributed by atoms with Crippen LogP contribution in [0.15, 0.2) is 71.8 Å². The highest BCUT2D eigenvalue weighted by Gasteiger charge is 2.16. The second-order valence-corrected chi connectivity index (χ2v) is 9.53. The molecule has 0 aliphatic heterocycles. The number of nitrogens with zero attached hydrogens (tertiary/aromatic N) is 1. The fraction of sp³-hybridized carbons (Fsp3) is 0.250. The van der Waals surface area contributed by atoms with E-state index < -0.39 is 10.0 Å². The first-order chi connectivity index (χ1) is 15.2. The largest absolute Gasteiger partial charge is 0.438 e. The van der Waals surface area contributed by atoms with E-state index in [9.17, 15) is 13.2 Å². The molecule has 3 aromatic rings. The fourth-order valence-corrected chi connectivity index (χ4v) is 3.93. The first-order valence-electron chi connectivity index (χ1n) is 10.4. The van der Waals surface area contributed by atoms with E-state index >= 15 is 0 Å². The predicted octanol–water partition coefficient (Wildman–Crippen LogP) is 4.76. The number of anilines is 1. The van der Waals surface area contributed by atoms with Gasteiger partial charge in [0, 0.05) is 18.8 Å². The molecule has 0 aliphatic carbocycles. The summed E-state index contributed by atoms with van der Waals surface area (Å²) >= 11 is 0. The standard InChI is InChI=1S/C24H27N3O4S/c1-17(2)13-15-25-23(28)22-8-5-14-26-24(22)31-20-7-4-6-19(16-20)27-32(29,30)21-11-9-18(3)10-12-21/h4-12,14,16-17,27H,13,15H2,1-3H3,(H,25,28). The van der Waals surface area contributed by atoms with Crippen LogP contribution in [0.5, 0.6) is 11.6 Å². The highest BCUT2D eigenvalue weighted by Crippen LogP contribution is 2.26. The van der Waals surface area contributed by atoms with Gasteiger partial charge in [-0.15, -0.1) is 0 Å². The Hall–Kier alpha value is -3.39. The average molecular weight is 454 g/mol. The zero-order valence-electron chi connectivity index (χ0n) is 18.3. The summed E-state index contributed by atoms with van der Waals surface area (Å²) in [5.74, 6) is 0.702. The lowest BCUT2D eigenvalue weighted by Crippen LogP contribution is -2.25. The minimum absolute atomic E-state index is 0.146. The molecule has 0 fully saturated rings. The molecular formula is C24H27N3O4S. The molecule has 3 rings (SSSR count). The van der Waals surface area contributed by atoms with Gasteiger partial charge in [-0.05, 0) is 55.7 Å². The van der Waals surface area contributed by atoms with Crippen molar-refractivity contribution in [1.29, 1.82) is 0 Å². The molecule has 32 heavy (non-hydrogen) atoms. The van der Waals surface area contributed by atoms with E-state index in [0.717, 1.165) is 12.0 Å². The monoisotopic (exact) mass is 453 g/mol. The molecule has 0 spiro atoms. The molecule has 1 heterocycles. The molecule has 2 aromatic carbocycles. The third kappa shape index (κ3) is 6.31. The maximum absolute atomic E-state index is 12.7. The van der Waals surface area contributed by atoms with Crippen molar-refractivity contribution in [1.82, 2.24) is 10.3 Å². The van der Waals surface area contributed by atoms with Crippen LogP contribution in [0.25, 0.3) is 0 Å². The van der Waals surface area contributed by atoms with Crippen LogP contribution in [0.3, 0.4) is 0 Å². The third-order valence-corrected chi connectivity index (χ3v) is 6.05. The minimum atomic E-state index is -3.74. The highest BCUT2D eigenvalue weighted by atomic mass is 32.2. The number of ether oxygens (including phenoxy) is 1. The summed E-state index contributed by atoms with van der Waals surface area (Å²) in [4.78, 5) is 16.9. The first-order valence-corrected chi connectivity index (χ1v) is 11.8. The van der Waals surface area contributed by atoms with Crippen LogP contribution in [-0.2, 0) is 10.0 Å². The van der Waals surface area contributed by atoms with Gasteiger partial charge in [0.2, 0.25) is 5.88 Å². The van der Waals surface area contributed by atoms with Crippen molar-refractivity contribution >= 4 is 21.6 Å². The SMILES string of the molecule is Cc1ccc(S(=O)(=O)Nc2cccc(Oc3ncccc3C(=O)NCCC(C)C)c2)cc1. The number of pyridine rings is 1. The Bertz CT molecular complexity index is 1180. The Balaban J connectivity index is 1.75. The van der Waals surface area contributed by atoms with Crippen LogP contribution in [0.4, 0.5) is 5.69 Å². The van der Waals surface area contributed by atoms with Crippen LogP contribution in [0, 0.1) is 12.8 Å². The van der Waals surface area contributed by atoms with Gasteiger partial charge in [-0.25, -0.2) is 13.4 Å². The summed E-state index contributed by atoms with van der Waals surface area (Å²) in [5, 5.41) is 2.87. The lowest BCUT2D eigenvalue weighted by molar-refractivity contribution is 0.0949. The normalized spacial score (nSPS) is 11.2. The summed E-state index contributed by atoms with van der Waals surface area (Å²) in [6.45, 7) is 6.62. The minimum Gasteiger partial charge on any atom is -0.438 e. The molecule has 0 bridgehead atoms. The number of carbonyl (C=O) groups excluding carboxylic acids is 1. The van der Waals surface area contributed by atoms with Gasteiger partial charge in [-0.3, -0.25) is 9.52 Å². The van der Waals surface area contributed by atoms with Crippen molar-refractivity contribution in [2.75, 3.05) is 11.3 Å². The molecule has 8 heteroatoms. The van der Waals surface area contributed by atoms with Crippen LogP contribution in [0.1, 0.15) is 36.2 Å². The average Bonchev–Trinajstić information content (AvgIpc) is 2.74. The topological polar surface area (TPSA) is 97.4 Å².